The number of hydrogen-bond donors (Lipinski definition) is 2. The van der Waals surface area contributed by atoms with Crippen LogP contribution in [0.1, 0.15) is 18.0 Å². The lowest BCUT2D eigenvalue weighted by Crippen LogP contribution is -2.29. The first-order valence-corrected chi connectivity index (χ1v) is 6.77. The van der Waals surface area contributed by atoms with Gasteiger partial charge < -0.3 is 4.74 Å². The Balaban J connectivity index is 1.90. The van der Waals surface area contributed by atoms with Gasteiger partial charge in [-0.2, -0.15) is 4.98 Å². The fraction of sp³-hybridized carbons (Fsp3) is 0.286. The molecule has 3 rings (SSSR count). The van der Waals surface area contributed by atoms with E-state index in [1.54, 1.807) is 4.68 Å². The Morgan fingerprint density at radius 1 is 1.45 bits per heavy atom. The molecule has 8 nitrogen and oxygen atoms in total. The Morgan fingerprint density at radius 2 is 2.23 bits per heavy atom. The predicted molar refractivity (Wildman–Crippen MR) is 78.4 cm³/mol. The van der Waals surface area contributed by atoms with Gasteiger partial charge in [-0.1, -0.05) is 30.3 Å². The summed E-state index contributed by atoms with van der Waals surface area (Å²) in [5, 5.41) is 9.45. The minimum absolute atomic E-state index is 0.0850. The molecule has 1 aliphatic heterocycles. The number of fused-ring (bicyclic) bond motifs is 1. The SMILES string of the molecule is COCC(=O)Nc1nc2n(n1)[C@@H](c1ccccc1)CC(=O)N2. The van der Waals surface area contributed by atoms with E-state index in [-0.39, 0.29) is 36.8 Å². The molecule has 22 heavy (non-hydrogen) atoms. The molecule has 2 N–H and O–H groups in total. The molecule has 8 heteroatoms. The number of nitrogens with zero attached hydrogens (tertiary/aromatic N) is 3. The van der Waals surface area contributed by atoms with Crippen LogP contribution in [0.2, 0.25) is 0 Å². The number of carbonyl (C=O) groups excluding carboxylic acids is 2. The van der Waals surface area contributed by atoms with Crippen molar-refractivity contribution in [1.82, 2.24) is 14.8 Å². The molecule has 1 aromatic carbocycles. The molecule has 0 fully saturated rings. The standard InChI is InChI=1S/C14H15N5O3/c1-22-8-12(21)15-13-17-14-16-11(20)7-10(19(14)18-13)9-5-3-2-4-6-9/h2-6,10H,7-8H2,1H3,(H2,15,16,17,18,20,21)/t10-/m1/s1. The highest BCUT2D eigenvalue weighted by Gasteiger charge is 2.29. The second-order valence-electron chi connectivity index (χ2n) is 4.86. The van der Waals surface area contributed by atoms with Crippen molar-refractivity contribution < 1.29 is 14.3 Å². The van der Waals surface area contributed by atoms with Gasteiger partial charge in [-0.15, -0.1) is 5.10 Å². The summed E-state index contributed by atoms with van der Waals surface area (Å²) < 4.78 is 6.35. The third-order valence-corrected chi connectivity index (χ3v) is 3.27. The monoisotopic (exact) mass is 301 g/mol. The van der Waals surface area contributed by atoms with Crippen molar-refractivity contribution in [1.29, 1.82) is 0 Å². The van der Waals surface area contributed by atoms with Crippen LogP contribution < -0.4 is 10.6 Å². The van der Waals surface area contributed by atoms with Crippen molar-refractivity contribution in [3.63, 3.8) is 0 Å². The summed E-state index contributed by atoms with van der Waals surface area (Å²) in [5.74, 6) is -0.0328. The normalized spacial score (nSPS) is 16.8. The third kappa shape index (κ3) is 2.82. The minimum atomic E-state index is -0.354. The van der Waals surface area contributed by atoms with Gasteiger partial charge in [-0.3, -0.25) is 20.2 Å². The van der Waals surface area contributed by atoms with Gasteiger partial charge >= 0.3 is 0 Å². The Morgan fingerprint density at radius 3 is 2.95 bits per heavy atom. The van der Waals surface area contributed by atoms with Crippen LogP contribution in [-0.4, -0.2) is 40.3 Å². The van der Waals surface area contributed by atoms with Crippen LogP contribution in [0.4, 0.5) is 11.9 Å². The van der Waals surface area contributed by atoms with Crippen LogP contribution in [-0.2, 0) is 14.3 Å². The summed E-state index contributed by atoms with van der Waals surface area (Å²) in [6.07, 6.45) is 0.270. The van der Waals surface area contributed by atoms with Crippen LogP contribution in [0.5, 0.6) is 0 Å². The van der Waals surface area contributed by atoms with Gasteiger partial charge in [0.1, 0.15) is 6.61 Å². The van der Waals surface area contributed by atoms with Gasteiger partial charge in [0, 0.05) is 7.11 Å². The predicted octanol–water partition coefficient (Wildman–Crippen LogP) is 0.795. The van der Waals surface area contributed by atoms with Crippen molar-refractivity contribution in [3.05, 3.63) is 35.9 Å². The van der Waals surface area contributed by atoms with E-state index in [0.717, 1.165) is 5.56 Å². The zero-order chi connectivity index (χ0) is 15.5. The number of benzene rings is 1. The Kier molecular flexibility index (Phi) is 3.84. The van der Waals surface area contributed by atoms with Gasteiger partial charge in [0.05, 0.1) is 12.5 Å². The van der Waals surface area contributed by atoms with Crippen LogP contribution in [0, 0.1) is 0 Å². The summed E-state index contributed by atoms with van der Waals surface area (Å²) in [6, 6.07) is 9.32. The molecule has 0 aliphatic carbocycles. The van der Waals surface area contributed by atoms with Crippen molar-refractivity contribution in [2.45, 2.75) is 12.5 Å². The summed E-state index contributed by atoms with van der Waals surface area (Å²) in [7, 11) is 1.43. The summed E-state index contributed by atoms with van der Waals surface area (Å²) in [6.45, 7) is -0.0850. The number of anilines is 2. The van der Waals surface area contributed by atoms with E-state index in [4.69, 9.17) is 4.74 Å². The molecule has 0 saturated carbocycles. The first-order valence-electron chi connectivity index (χ1n) is 6.77. The van der Waals surface area contributed by atoms with Gasteiger partial charge in [-0.25, -0.2) is 4.68 Å². The van der Waals surface area contributed by atoms with Crippen molar-refractivity contribution >= 4 is 23.7 Å². The van der Waals surface area contributed by atoms with Gasteiger partial charge in [-0.05, 0) is 5.56 Å². The van der Waals surface area contributed by atoms with E-state index in [2.05, 4.69) is 20.7 Å². The fourth-order valence-electron chi connectivity index (χ4n) is 2.34. The van der Waals surface area contributed by atoms with Crippen molar-refractivity contribution in [2.75, 3.05) is 24.4 Å². The van der Waals surface area contributed by atoms with Crippen LogP contribution in [0.15, 0.2) is 30.3 Å². The second-order valence-corrected chi connectivity index (χ2v) is 4.86. The number of methoxy groups -OCH3 is 1. The number of nitrogens with one attached hydrogen (secondary N) is 2. The van der Waals surface area contributed by atoms with Crippen LogP contribution in [0.25, 0.3) is 0 Å². The zero-order valence-corrected chi connectivity index (χ0v) is 11.9. The topological polar surface area (TPSA) is 98.1 Å². The molecule has 0 radical (unpaired) electrons. The molecule has 114 valence electrons. The molecule has 0 bridgehead atoms. The van der Waals surface area contributed by atoms with E-state index in [9.17, 15) is 9.59 Å². The highest BCUT2D eigenvalue weighted by Crippen LogP contribution is 2.29. The number of rotatable bonds is 4. The second kappa shape index (κ2) is 5.94. The average molecular weight is 301 g/mol. The van der Waals surface area contributed by atoms with Gasteiger partial charge in [0.25, 0.3) is 11.9 Å². The minimum Gasteiger partial charge on any atom is -0.375 e. The molecule has 2 heterocycles. The lowest BCUT2D eigenvalue weighted by atomic mass is 10.0. The van der Waals surface area contributed by atoms with E-state index >= 15 is 0 Å². The molecule has 0 unspecified atom stereocenters. The van der Waals surface area contributed by atoms with E-state index in [0.29, 0.717) is 5.95 Å². The molecule has 1 aliphatic rings. The first kappa shape index (κ1) is 14.2. The largest absolute Gasteiger partial charge is 0.375 e. The number of amides is 2. The highest BCUT2D eigenvalue weighted by molar-refractivity contribution is 5.92. The smallest absolute Gasteiger partial charge is 0.252 e. The summed E-state index contributed by atoms with van der Waals surface area (Å²) >= 11 is 0. The zero-order valence-electron chi connectivity index (χ0n) is 11.9. The van der Waals surface area contributed by atoms with Crippen LogP contribution in [0.3, 0.4) is 0 Å². The van der Waals surface area contributed by atoms with Gasteiger partial charge in [0.15, 0.2) is 0 Å². The van der Waals surface area contributed by atoms with Crippen LogP contribution >= 0.6 is 0 Å². The number of hydrogen-bond acceptors (Lipinski definition) is 5. The van der Waals surface area contributed by atoms with E-state index in [1.165, 1.54) is 7.11 Å². The Bertz CT molecular complexity index is 698. The maximum absolute atomic E-state index is 11.8. The molecule has 2 amide bonds. The average Bonchev–Trinajstić information content (AvgIpc) is 2.89. The molecule has 1 aromatic heterocycles. The van der Waals surface area contributed by atoms with E-state index in [1.807, 2.05) is 30.3 Å². The molecular formula is C14H15N5O3. The first-order chi connectivity index (χ1) is 10.7. The highest BCUT2D eigenvalue weighted by atomic mass is 16.5. The number of ether oxygens (including phenoxy) is 1. The van der Waals surface area contributed by atoms with Gasteiger partial charge in [0.2, 0.25) is 11.9 Å². The Labute approximate surface area is 126 Å². The van der Waals surface area contributed by atoms with E-state index < -0.39 is 0 Å². The number of aromatic nitrogens is 3. The molecule has 1 atom stereocenters. The molecule has 0 spiro atoms. The third-order valence-electron chi connectivity index (χ3n) is 3.27. The lowest BCUT2D eigenvalue weighted by Gasteiger charge is -2.23. The van der Waals surface area contributed by atoms with Crippen molar-refractivity contribution in [3.8, 4) is 0 Å². The molecular weight excluding hydrogens is 286 g/mol. The maximum Gasteiger partial charge on any atom is 0.252 e. The summed E-state index contributed by atoms with van der Waals surface area (Å²) in [4.78, 5) is 27.5. The Hall–Kier alpha value is -2.74. The lowest BCUT2D eigenvalue weighted by molar-refractivity contribution is -0.120. The molecule has 2 aromatic rings. The number of carbonyl (C=O) groups is 2. The maximum atomic E-state index is 11.8. The molecule has 0 saturated heterocycles. The fourth-order valence-corrected chi connectivity index (χ4v) is 2.34. The summed E-state index contributed by atoms with van der Waals surface area (Å²) in [5.41, 5.74) is 0.957. The quantitative estimate of drug-likeness (QED) is 0.870. The van der Waals surface area contributed by atoms with Crippen molar-refractivity contribution in [2.24, 2.45) is 0 Å².